The van der Waals surface area contributed by atoms with Crippen LogP contribution in [0.2, 0.25) is 10.0 Å². The minimum absolute atomic E-state index is 0.208. The molecule has 0 radical (unpaired) electrons. The van der Waals surface area contributed by atoms with Crippen molar-refractivity contribution >= 4 is 62.6 Å². The van der Waals surface area contributed by atoms with E-state index in [9.17, 15) is 4.79 Å². The highest BCUT2D eigenvalue weighted by Gasteiger charge is 2.28. The molecule has 0 aliphatic carbocycles. The van der Waals surface area contributed by atoms with Crippen molar-refractivity contribution in [1.82, 2.24) is 0 Å². The van der Waals surface area contributed by atoms with Crippen molar-refractivity contribution in [3.8, 4) is 5.75 Å². The normalized spacial score (nSPS) is 15.3. The van der Waals surface area contributed by atoms with Crippen LogP contribution in [0.3, 0.4) is 0 Å². The largest absolute Gasteiger partial charge is 0.494 e. The van der Waals surface area contributed by atoms with E-state index in [0.29, 0.717) is 21.5 Å². The molecule has 0 N–H and O–H groups in total. The van der Waals surface area contributed by atoms with Gasteiger partial charge in [0.05, 0.1) is 11.6 Å². The molecule has 2 heterocycles. The van der Waals surface area contributed by atoms with Gasteiger partial charge in [0.25, 0.3) is 0 Å². The zero-order valence-corrected chi connectivity index (χ0v) is 16.5. The van der Waals surface area contributed by atoms with Gasteiger partial charge in [-0.25, -0.2) is 9.79 Å². The van der Waals surface area contributed by atoms with Crippen LogP contribution in [0.15, 0.2) is 53.2 Å². The molecule has 4 nitrogen and oxygen atoms in total. The molecule has 0 atom stereocenters. The Labute approximate surface area is 169 Å². The summed E-state index contributed by atoms with van der Waals surface area (Å²) in [5, 5.41) is 1.97. The standard InChI is InChI=1S/C20H13Cl2NO3S/c1-2-25-13-6-3-11(4-7-13)9-15-20(24)26-19(23-15)18-17(22)14-8-5-12(21)10-16(14)27-18/h3-10H,2H2,1H3/b15-9-. The van der Waals surface area contributed by atoms with Gasteiger partial charge in [-0.3, -0.25) is 0 Å². The number of fused-ring (bicyclic) bond motifs is 1. The van der Waals surface area contributed by atoms with Crippen molar-refractivity contribution in [2.75, 3.05) is 6.61 Å². The van der Waals surface area contributed by atoms with E-state index < -0.39 is 5.97 Å². The lowest BCUT2D eigenvalue weighted by Crippen LogP contribution is -2.04. The minimum atomic E-state index is -0.509. The van der Waals surface area contributed by atoms with E-state index in [2.05, 4.69) is 4.99 Å². The summed E-state index contributed by atoms with van der Waals surface area (Å²) in [6.07, 6.45) is 1.67. The molecule has 0 fully saturated rings. The van der Waals surface area contributed by atoms with Crippen LogP contribution in [0, 0.1) is 0 Å². The lowest BCUT2D eigenvalue weighted by molar-refractivity contribution is -0.129. The van der Waals surface area contributed by atoms with E-state index in [4.69, 9.17) is 32.7 Å². The molecular formula is C20H13Cl2NO3S. The van der Waals surface area contributed by atoms with Crippen molar-refractivity contribution in [3.63, 3.8) is 0 Å². The van der Waals surface area contributed by atoms with Crippen LogP contribution < -0.4 is 4.74 Å². The van der Waals surface area contributed by atoms with E-state index in [1.807, 2.05) is 43.3 Å². The predicted octanol–water partition coefficient (Wildman–Crippen LogP) is 5.95. The van der Waals surface area contributed by atoms with E-state index in [1.54, 1.807) is 12.1 Å². The maximum absolute atomic E-state index is 12.2. The highest BCUT2D eigenvalue weighted by atomic mass is 35.5. The Hall–Kier alpha value is -2.34. The Balaban J connectivity index is 1.68. The summed E-state index contributed by atoms with van der Waals surface area (Å²) in [4.78, 5) is 17.2. The van der Waals surface area contributed by atoms with Gasteiger partial charge >= 0.3 is 5.97 Å². The first kappa shape index (κ1) is 18.0. The van der Waals surface area contributed by atoms with Crippen molar-refractivity contribution in [2.24, 2.45) is 4.99 Å². The second-order valence-corrected chi connectivity index (χ2v) is 7.59. The molecule has 0 bridgehead atoms. The molecule has 1 aliphatic heterocycles. The van der Waals surface area contributed by atoms with E-state index in [-0.39, 0.29) is 11.6 Å². The summed E-state index contributed by atoms with van der Waals surface area (Å²) in [6.45, 7) is 2.52. The molecule has 4 rings (SSSR count). The number of halogens is 2. The van der Waals surface area contributed by atoms with Gasteiger partial charge < -0.3 is 9.47 Å². The third-order valence-electron chi connectivity index (χ3n) is 3.90. The number of aliphatic imine (C=N–C) groups is 1. The second kappa shape index (κ2) is 7.35. The van der Waals surface area contributed by atoms with Gasteiger partial charge in [-0.2, -0.15) is 0 Å². The topological polar surface area (TPSA) is 47.9 Å². The summed E-state index contributed by atoms with van der Waals surface area (Å²) in [7, 11) is 0. The highest BCUT2D eigenvalue weighted by Crippen LogP contribution is 2.38. The Morgan fingerprint density at radius 2 is 1.96 bits per heavy atom. The number of esters is 1. The molecule has 27 heavy (non-hydrogen) atoms. The van der Waals surface area contributed by atoms with Crippen molar-refractivity contribution in [3.05, 3.63) is 68.6 Å². The monoisotopic (exact) mass is 417 g/mol. The zero-order valence-electron chi connectivity index (χ0n) is 14.2. The quantitative estimate of drug-likeness (QED) is 0.389. The van der Waals surface area contributed by atoms with Crippen LogP contribution in [-0.2, 0) is 9.53 Å². The van der Waals surface area contributed by atoms with Gasteiger partial charge in [-0.1, -0.05) is 41.4 Å². The van der Waals surface area contributed by atoms with E-state index >= 15 is 0 Å². The number of cyclic esters (lactones) is 1. The molecule has 0 unspecified atom stereocenters. The number of nitrogens with zero attached hydrogens (tertiary/aromatic N) is 1. The summed E-state index contributed by atoms with van der Waals surface area (Å²) in [6, 6.07) is 12.8. The van der Waals surface area contributed by atoms with Crippen molar-refractivity contribution < 1.29 is 14.3 Å². The lowest BCUT2D eigenvalue weighted by Gasteiger charge is -2.02. The summed E-state index contributed by atoms with van der Waals surface area (Å²) in [5.74, 6) is 0.471. The van der Waals surface area contributed by atoms with Crippen molar-refractivity contribution in [2.45, 2.75) is 6.92 Å². The van der Waals surface area contributed by atoms with Gasteiger partial charge in [0.1, 0.15) is 10.6 Å². The summed E-state index contributed by atoms with van der Waals surface area (Å²) in [5.41, 5.74) is 1.05. The number of benzene rings is 2. The van der Waals surface area contributed by atoms with Crippen LogP contribution in [0.4, 0.5) is 0 Å². The SMILES string of the molecule is CCOc1ccc(/C=C2\N=C(c3sc4cc(Cl)ccc4c3Cl)OC2=O)cc1. The minimum Gasteiger partial charge on any atom is -0.494 e. The van der Waals surface area contributed by atoms with Gasteiger partial charge in [0.15, 0.2) is 5.70 Å². The first-order valence-electron chi connectivity index (χ1n) is 8.18. The maximum atomic E-state index is 12.2. The van der Waals surface area contributed by atoms with Crippen molar-refractivity contribution in [1.29, 1.82) is 0 Å². The number of carbonyl (C=O) groups excluding carboxylic acids is 1. The Morgan fingerprint density at radius 1 is 1.19 bits per heavy atom. The van der Waals surface area contributed by atoms with Crippen LogP contribution in [0.1, 0.15) is 17.4 Å². The molecule has 0 saturated carbocycles. The number of rotatable bonds is 4. The number of ether oxygens (including phenoxy) is 2. The van der Waals surface area contributed by atoms with Gasteiger partial charge in [-0.15, -0.1) is 11.3 Å². The number of hydrogen-bond acceptors (Lipinski definition) is 5. The second-order valence-electron chi connectivity index (χ2n) is 5.72. The maximum Gasteiger partial charge on any atom is 0.363 e. The molecule has 0 saturated heterocycles. The van der Waals surface area contributed by atoms with E-state index in [0.717, 1.165) is 21.4 Å². The average molecular weight is 418 g/mol. The van der Waals surface area contributed by atoms with E-state index in [1.165, 1.54) is 11.3 Å². The van der Waals surface area contributed by atoms with Gasteiger partial charge in [0.2, 0.25) is 5.90 Å². The molecule has 2 aromatic carbocycles. The van der Waals surface area contributed by atoms with Crippen LogP contribution in [0.5, 0.6) is 5.75 Å². The third kappa shape index (κ3) is 3.58. The van der Waals surface area contributed by atoms with Crippen LogP contribution in [0.25, 0.3) is 16.2 Å². The molecule has 136 valence electrons. The molecule has 1 aromatic heterocycles. The average Bonchev–Trinajstić information content (AvgIpc) is 3.17. The number of hydrogen-bond donors (Lipinski definition) is 0. The van der Waals surface area contributed by atoms with Crippen LogP contribution >= 0.6 is 34.5 Å². The fourth-order valence-electron chi connectivity index (χ4n) is 2.67. The number of carbonyl (C=O) groups is 1. The first-order valence-corrected chi connectivity index (χ1v) is 9.75. The van der Waals surface area contributed by atoms with Gasteiger partial charge in [-0.05, 0) is 42.8 Å². The first-order chi connectivity index (χ1) is 13.0. The third-order valence-corrected chi connectivity index (χ3v) is 5.78. The van der Waals surface area contributed by atoms with Crippen LogP contribution in [-0.4, -0.2) is 18.5 Å². The summed E-state index contributed by atoms with van der Waals surface area (Å²) < 4.78 is 11.7. The smallest absolute Gasteiger partial charge is 0.363 e. The molecule has 7 heteroatoms. The Morgan fingerprint density at radius 3 is 2.70 bits per heavy atom. The molecule has 0 amide bonds. The number of thiophene rings is 1. The predicted molar refractivity (Wildman–Crippen MR) is 110 cm³/mol. The fourth-order valence-corrected chi connectivity index (χ4v) is 4.38. The molecular weight excluding hydrogens is 405 g/mol. The molecule has 0 spiro atoms. The highest BCUT2D eigenvalue weighted by molar-refractivity contribution is 7.21. The lowest BCUT2D eigenvalue weighted by atomic mass is 10.2. The fraction of sp³-hybridized carbons (Fsp3) is 0.100. The molecule has 1 aliphatic rings. The zero-order chi connectivity index (χ0) is 19.0. The van der Waals surface area contributed by atoms with Gasteiger partial charge in [0, 0.05) is 15.1 Å². The Bertz CT molecular complexity index is 1100. The Kier molecular flexibility index (Phi) is 4.91. The molecule has 3 aromatic rings. The summed E-state index contributed by atoms with van der Waals surface area (Å²) >= 11 is 13.9.